The number of hydrogen-bond donors (Lipinski definition) is 0. The molecule has 0 spiro atoms. The first-order chi connectivity index (χ1) is 13.2. The molecule has 1 aliphatic heterocycles. The van der Waals surface area contributed by atoms with Crippen molar-refractivity contribution in [2.24, 2.45) is 0 Å². The Bertz CT molecular complexity index is 962. The molecule has 5 nitrogen and oxygen atoms in total. The van der Waals surface area contributed by atoms with E-state index in [1.165, 1.54) is 0 Å². The summed E-state index contributed by atoms with van der Waals surface area (Å²) in [4.78, 5) is 18.5. The number of hydrogen-bond acceptors (Lipinski definition) is 4. The van der Waals surface area contributed by atoms with Gasteiger partial charge in [-0.25, -0.2) is 0 Å². The van der Waals surface area contributed by atoms with Crippen LogP contribution in [0.3, 0.4) is 0 Å². The molecule has 4 rings (SSSR count). The van der Waals surface area contributed by atoms with Gasteiger partial charge in [-0.15, -0.1) is 0 Å². The van der Waals surface area contributed by atoms with Gasteiger partial charge < -0.3 is 9.42 Å². The van der Waals surface area contributed by atoms with Gasteiger partial charge in [-0.3, -0.25) is 4.79 Å². The lowest BCUT2D eigenvalue weighted by molar-refractivity contribution is -0.130. The van der Waals surface area contributed by atoms with Gasteiger partial charge in [-0.2, -0.15) is 4.98 Å². The van der Waals surface area contributed by atoms with Crippen molar-refractivity contribution in [1.82, 2.24) is 15.0 Å². The molecule has 0 N–H and O–H groups in total. The number of nitrogens with zero attached hydrogens (tertiary/aromatic N) is 3. The minimum Gasteiger partial charge on any atom is -0.339 e. The summed E-state index contributed by atoms with van der Waals surface area (Å²) in [6.07, 6.45) is 3.93. The number of benzene rings is 2. The molecule has 0 aliphatic carbocycles. The normalized spacial score (nSPS) is 14.5. The monoisotopic (exact) mass is 379 g/mol. The maximum absolute atomic E-state index is 12.3. The van der Waals surface area contributed by atoms with Crippen LogP contribution in [-0.4, -0.2) is 34.0 Å². The summed E-state index contributed by atoms with van der Waals surface area (Å²) in [5.41, 5.74) is 1.96. The Hall–Kier alpha value is -2.92. The van der Waals surface area contributed by atoms with Crippen molar-refractivity contribution in [1.29, 1.82) is 0 Å². The lowest BCUT2D eigenvalue weighted by Gasteiger charge is -2.36. The fourth-order valence-electron chi connectivity index (χ4n) is 2.97. The second-order valence-electron chi connectivity index (χ2n) is 6.51. The zero-order valence-electron chi connectivity index (χ0n) is 14.6. The van der Waals surface area contributed by atoms with E-state index in [2.05, 4.69) is 10.1 Å². The Morgan fingerprint density at radius 2 is 1.89 bits per heavy atom. The van der Waals surface area contributed by atoms with Gasteiger partial charge in [0.25, 0.3) is 0 Å². The van der Waals surface area contributed by atoms with E-state index in [0.717, 1.165) is 11.1 Å². The SMILES string of the molecule is O=C(/C=C/c1ccccc1Cl)N1CC(c2nc(Cc3ccccc3)no2)C1. The van der Waals surface area contributed by atoms with Crippen molar-refractivity contribution in [2.45, 2.75) is 12.3 Å². The van der Waals surface area contributed by atoms with Crippen molar-refractivity contribution in [2.75, 3.05) is 13.1 Å². The molecule has 0 saturated carbocycles. The van der Waals surface area contributed by atoms with E-state index in [-0.39, 0.29) is 11.8 Å². The summed E-state index contributed by atoms with van der Waals surface area (Å²) < 4.78 is 5.38. The van der Waals surface area contributed by atoms with E-state index < -0.39 is 0 Å². The number of aromatic nitrogens is 2. The van der Waals surface area contributed by atoms with Crippen LogP contribution in [0.25, 0.3) is 6.08 Å². The number of carbonyl (C=O) groups is 1. The molecule has 1 aromatic heterocycles. The smallest absolute Gasteiger partial charge is 0.246 e. The molecule has 1 fully saturated rings. The van der Waals surface area contributed by atoms with Crippen LogP contribution in [0.15, 0.2) is 65.2 Å². The van der Waals surface area contributed by atoms with E-state index in [1.54, 1.807) is 23.1 Å². The zero-order valence-corrected chi connectivity index (χ0v) is 15.3. The van der Waals surface area contributed by atoms with Gasteiger partial charge >= 0.3 is 0 Å². The van der Waals surface area contributed by atoms with Gasteiger partial charge in [0.15, 0.2) is 5.82 Å². The summed E-state index contributed by atoms with van der Waals surface area (Å²) in [5.74, 6) is 1.31. The molecule has 0 bridgehead atoms. The van der Waals surface area contributed by atoms with Crippen LogP contribution in [0.5, 0.6) is 0 Å². The lowest BCUT2D eigenvalue weighted by Crippen LogP contribution is -2.47. The Kier molecular flexibility index (Phi) is 5.03. The van der Waals surface area contributed by atoms with Crippen molar-refractivity contribution >= 4 is 23.6 Å². The van der Waals surface area contributed by atoms with Crippen LogP contribution in [0.1, 0.15) is 28.8 Å². The maximum Gasteiger partial charge on any atom is 0.246 e. The molecule has 1 saturated heterocycles. The lowest BCUT2D eigenvalue weighted by atomic mass is 10.00. The van der Waals surface area contributed by atoms with E-state index in [0.29, 0.717) is 36.2 Å². The van der Waals surface area contributed by atoms with Gasteiger partial charge in [-0.05, 0) is 23.3 Å². The van der Waals surface area contributed by atoms with Gasteiger partial charge in [-0.1, -0.05) is 65.3 Å². The van der Waals surface area contributed by atoms with E-state index in [9.17, 15) is 4.79 Å². The van der Waals surface area contributed by atoms with Crippen LogP contribution >= 0.6 is 11.6 Å². The Labute approximate surface area is 162 Å². The summed E-state index contributed by atoms with van der Waals surface area (Å²) in [7, 11) is 0. The van der Waals surface area contributed by atoms with Gasteiger partial charge in [0.05, 0.1) is 5.92 Å². The first kappa shape index (κ1) is 17.5. The third-order valence-electron chi connectivity index (χ3n) is 4.54. The highest BCUT2D eigenvalue weighted by Gasteiger charge is 2.34. The zero-order chi connectivity index (χ0) is 18.6. The number of likely N-dealkylation sites (tertiary alicyclic amines) is 1. The summed E-state index contributed by atoms with van der Waals surface area (Å²) in [6.45, 7) is 1.16. The Morgan fingerprint density at radius 3 is 2.67 bits per heavy atom. The summed E-state index contributed by atoms with van der Waals surface area (Å²) in [6, 6.07) is 17.4. The van der Waals surface area contributed by atoms with Crippen LogP contribution < -0.4 is 0 Å². The largest absolute Gasteiger partial charge is 0.339 e. The fourth-order valence-corrected chi connectivity index (χ4v) is 3.17. The van der Waals surface area contributed by atoms with Crippen LogP contribution in [0, 0.1) is 0 Å². The van der Waals surface area contributed by atoms with Crippen LogP contribution in [0.2, 0.25) is 5.02 Å². The summed E-state index contributed by atoms with van der Waals surface area (Å²) in [5, 5.41) is 4.68. The molecule has 1 amide bonds. The molecule has 1 aliphatic rings. The molecule has 2 aromatic carbocycles. The number of amides is 1. The van der Waals surface area contributed by atoms with Crippen molar-refractivity contribution in [3.63, 3.8) is 0 Å². The average Bonchev–Trinajstić information content (AvgIpc) is 3.08. The highest BCUT2D eigenvalue weighted by Crippen LogP contribution is 2.26. The number of rotatable bonds is 5. The van der Waals surface area contributed by atoms with Crippen LogP contribution in [0.4, 0.5) is 0 Å². The molecule has 27 heavy (non-hydrogen) atoms. The molecular formula is C21H18ClN3O2. The molecule has 2 heterocycles. The van der Waals surface area contributed by atoms with Crippen molar-refractivity contribution in [3.8, 4) is 0 Å². The molecule has 3 aromatic rings. The molecule has 6 heteroatoms. The number of halogens is 1. The topological polar surface area (TPSA) is 59.2 Å². The highest BCUT2D eigenvalue weighted by molar-refractivity contribution is 6.32. The van der Waals surface area contributed by atoms with Gasteiger partial charge in [0, 0.05) is 30.6 Å². The van der Waals surface area contributed by atoms with Crippen LogP contribution in [-0.2, 0) is 11.2 Å². The molecule has 0 atom stereocenters. The maximum atomic E-state index is 12.3. The van der Waals surface area contributed by atoms with E-state index in [4.69, 9.17) is 16.1 Å². The second kappa shape index (κ2) is 7.76. The predicted molar refractivity (Wildman–Crippen MR) is 103 cm³/mol. The van der Waals surface area contributed by atoms with Gasteiger partial charge in [0.1, 0.15) is 0 Å². The third kappa shape index (κ3) is 4.09. The Balaban J connectivity index is 1.32. The molecular weight excluding hydrogens is 362 g/mol. The van der Waals surface area contributed by atoms with Crippen molar-refractivity contribution < 1.29 is 9.32 Å². The minimum absolute atomic E-state index is 0.0461. The second-order valence-corrected chi connectivity index (χ2v) is 6.91. The first-order valence-corrected chi connectivity index (χ1v) is 9.15. The highest BCUT2D eigenvalue weighted by atomic mass is 35.5. The quantitative estimate of drug-likeness (QED) is 0.630. The standard InChI is InChI=1S/C21H18ClN3O2/c22-18-9-5-4-8-16(18)10-11-20(26)25-13-17(14-25)21-23-19(24-27-21)12-15-6-2-1-3-7-15/h1-11,17H,12-14H2/b11-10+. The molecule has 0 radical (unpaired) electrons. The fraction of sp³-hybridized carbons (Fsp3) is 0.190. The van der Waals surface area contributed by atoms with Gasteiger partial charge in [0.2, 0.25) is 11.8 Å². The number of carbonyl (C=O) groups excluding carboxylic acids is 1. The molecule has 136 valence electrons. The first-order valence-electron chi connectivity index (χ1n) is 8.77. The Morgan fingerprint density at radius 1 is 1.15 bits per heavy atom. The van der Waals surface area contributed by atoms with E-state index in [1.807, 2.05) is 48.5 Å². The predicted octanol–water partition coefficient (Wildman–Crippen LogP) is 3.95. The van der Waals surface area contributed by atoms with Crippen molar-refractivity contribution in [3.05, 3.63) is 88.5 Å². The minimum atomic E-state index is -0.0461. The summed E-state index contributed by atoms with van der Waals surface area (Å²) >= 11 is 6.09. The van der Waals surface area contributed by atoms with E-state index >= 15 is 0 Å². The molecule has 0 unspecified atom stereocenters. The third-order valence-corrected chi connectivity index (χ3v) is 4.89. The average molecular weight is 380 g/mol.